The van der Waals surface area contributed by atoms with Crippen LogP contribution in [-0.4, -0.2) is 5.78 Å². The summed E-state index contributed by atoms with van der Waals surface area (Å²) >= 11 is 0. The number of Topliss-reactive ketones (excluding diaryl/α,β-unsaturated/α-hetero) is 1. The summed E-state index contributed by atoms with van der Waals surface area (Å²) in [5.41, 5.74) is 1.93. The summed E-state index contributed by atoms with van der Waals surface area (Å²) in [6.45, 7) is 12.1. The van der Waals surface area contributed by atoms with Crippen molar-refractivity contribution in [3.63, 3.8) is 0 Å². The SMILES string of the molecule is CC(=O)CC1CCC2(C)CCC(C)(C1)C1(C)CCCC2(C)C1. The molecule has 0 radical (unpaired) electrons. The molecule has 5 atom stereocenters. The van der Waals surface area contributed by atoms with E-state index >= 15 is 0 Å². The lowest BCUT2D eigenvalue weighted by molar-refractivity contribution is -0.118. The fourth-order valence-electron chi connectivity index (χ4n) is 6.71. The maximum Gasteiger partial charge on any atom is 0.130 e. The van der Waals surface area contributed by atoms with Crippen molar-refractivity contribution in [1.82, 2.24) is 0 Å². The van der Waals surface area contributed by atoms with E-state index in [1.54, 1.807) is 6.92 Å². The second-order valence-electron chi connectivity index (χ2n) is 10.3. The highest BCUT2D eigenvalue weighted by atomic mass is 16.1. The van der Waals surface area contributed by atoms with Crippen LogP contribution in [0.3, 0.4) is 0 Å². The molecular weight excluding hydrogens is 268 g/mol. The molecular formula is C21H36O. The minimum absolute atomic E-state index is 0.396. The Hall–Kier alpha value is -0.330. The topological polar surface area (TPSA) is 17.1 Å². The summed E-state index contributed by atoms with van der Waals surface area (Å²) in [4.78, 5) is 11.8. The molecule has 3 rings (SSSR count). The highest BCUT2D eigenvalue weighted by Gasteiger charge is 2.59. The third-order valence-corrected chi connectivity index (χ3v) is 8.80. The lowest BCUT2D eigenvalue weighted by Gasteiger charge is -2.54. The van der Waals surface area contributed by atoms with Gasteiger partial charge in [0.25, 0.3) is 0 Å². The molecule has 126 valence electrons. The Labute approximate surface area is 137 Å². The molecule has 3 aliphatic rings. The van der Waals surface area contributed by atoms with Gasteiger partial charge in [0, 0.05) is 6.42 Å². The molecule has 3 aliphatic carbocycles. The highest BCUT2D eigenvalue weighted by molar-refractivity contribution is 5.75. The molecule has 0 heterocycles. The van der Waals surface area contributed by atoms with Gasteiger partial charge in [0.2, 0.25) is 0 Å². The zero-order chi connectivity index (χ0) is 16.2. The summed E-state index contributed by atoms with van der Waals surface area (Å²) < 4.78 is 0. The van der Waals surface area contributed by atoms with Crippen molar-refractivity contribution >= 4 is 5.78 Å². The third-order valence-electron chi connectivity index (χ3n) is 8.80. The Bertz CT molecular complexity index is 469. The molecule has 4 bridgehead atoms. The molecule has 0 saturated heterocycles. The Morgan fingerprint density at radius 1 is 0.864 bits per heavy atom. The number of hydrogen-bond donors (Lipinski definition) is 0. The molecule has 1 heteroatoms. The van der Waals surface area contributed by atoms with Crippen molar-refractivity contribution in [3.05, 3.63) is 0 Å². The van der Waals surface area contributed by atoms with Crippen molar-refractivity contribution in [3.8, 4) is 0 Å². The average molecular weight is 305 g/mol. The van der Waals surface area contributed by atoms with E-state index in [2.05, 4.69) is 27.7 Å². The Morgan fingerprint density at radius 2 is 1.45 bits per heavy atom. The van der Waals surface area contributed by atoms with Gasteiger partial charge in [0.05, 0.1) is 0 Å². The van der Waals surface area contributed by atoms with Crippen molar-refractivity contribution in [1.29, 1.82) is 0 Å². The van der Waals surface area contributed by atoms with E-state index < -0.39 is 0 Å². The smallest absolute Gasteiger partial charge is 0.130 e. The van der Waals surface area contributed by atoms with Gasteiger partial charge in [0.15, 0.2) is 0 Å². The van der Waals surface area contributed by atoms with Crippen molar-refractivity contribution in [2.75, 3.05) is 0 Å². The molecule has 3 saturated carbocycles. The summed E-state index contributed by atoms with van der Waals surface area (Å²) in [7, 11) is 0. The largest absolute Gasteiger partial charge is 0.300 e. The van der Waals surface area contributed by atoms with Crippen LogP contribution in [0.4, 0.5) is 0 Å². The Morgan fingerprint density at radius 3 is 2.09 bits per heavy atom. The van der Waals surface area contributed by atoms with Crippen LogP contribution in [0.5, 0.6) is 0 Å². The molecule has 3 fully saturated rings. The third kappa shape index (κ3) is 2.38. The fraction of sp³-hybridized carbons (Fsp3) is 0.952. The van der Waals surface area contributed by atoms with Gasteiger partial charge in [-0.25, -0.2) is 0 Å². The van der Waals surface area contributed by atoms with Crippen LogP contribution in [0.2, 0.25) is 0 Å². The van der Waals surface area contributed by atoms with E-state index in [0.717, 1.165) is 6.42 Å². The van der Waals surface area contributed by atoms with Gasteiger partial charge in [-0.2, -0.15) is 0 Å². The quantitative estimate of drug-likeness (QED) is 0.597. The minimum Gasteiger partial charge on any atom is -0.300 e. The summed E-state index contributed by atoms with van der Waals surface area (Å²) in [6.07, 6.45) is 13.2. The van der Waals surface area contributed by atoms with Crippen LogP contribution in [0.1, 0.15) is 98.8 Å². The number of hydrogen-bond acceptors (Lipinski definition) is 1. The number of ketones is 1. The first-order valence-electron chi connectivity index (χ1n) is 9.61. The van der Waals surface area contributed by atoms with E-state index in [-0.39, 0.29) is 0 Å². The number of carbonyl (C=O) groups is 1. The molecule has 22 heavy (non-hydrogen) atoms. The maximum absolute atomic E-state index is 11.8. The van der Waals surface area contributed by atoms with Crippen LogP contribution >= 0.6 is 0 Å². The monoisotopic (exact) mass is 304 g/mol. The van der Waals surface area contributed by atoms with Crippen molar-refractivity contribution < 1.29 is 4.79 Å². The Kier molecular flexibility index (Phi) is 3.82. The lowest BCUT2D eigenvalue weighted by Crippen LogP contribution is -2.45. The van der Waals surface area contributed by atoms with E-state index in [9.17, 15) is 4.79 Å². The maximum atomic E-state index is 11.8. The molecule has 0 amide bonds. The fourth-order valence-corrected chi connectivity index (χ4v) is 6.71. The van der Waals surface area contributed by atoms with E-state index in [1.165, 1.54) is 57.8 Å². The van der Waals surface area contributed by atoms with Gasteiger partial charge in [-0.05, 0) is 85.9 Å². The normalized spacial score (nSPS) is 51.8. The first kappa shape index (κ1) is 16.5. The van der Waals surface area contributed by atoms with Gasteiger partial charge in [-0.1, -0.05) is 34.1 Å². The second kappa shape index (κ2) is 5.08. The van der Waals surface area contributed by atoms with E-state index in [4.69, 9.17) is 0 Å². The van der Waals surface area contributed by atoms with Crippen LogP contribution in [0, 0.1) is 27.6 Å². The summed E-state index contributed by atoms with van der Waals surface area (Å²) in [5.74, 6) is 1.02. The molecule has 1 nitrogen and oxygen atoms in total. The van der Waals surface area contributed by atoms with Crippen LogP contribution in [-0.2, 0) is 4.79 Å². The average Bonchev–Trinajstić information content (AvgIpc) is 2.42. The minimum atomic E-state index is 0.396. The van der Waals surface area contributed by atoms with Gasteiger partial charge in [-0.3, -0.25) is 0 Å². The van der Waals surface area contributed by atoms with Crippen LogP contribution in [0.25, 0.3) is 0 Å². The first-order chi connectivity index (χ1) is 10.1. The standard InChI is InChI=1S/C21H36O/c1-16(22)13-17-7-10-18(2)11-12-19(3,14-17)21(5)9-6-8-20(18,4)15-21/h17H,6-15H2,1-5H3. The molecule has 0 aliphatic heterocycles. The number of rotatable bonds is 2. The molecule has 0 spiro atoms. The van der Waals surface area contributed by atoms with Gasteiger partial charge < -0.3 is 4.79 Å². The van der Waals surface area contributed by atoms with Crippen molar-refractivity contribution in [2.24, 2.45) is 27.6 Å². The molecule has 0 N–H and O–H groups in total. The van der Waals surface area contributed by atoms with Gasteiger partial charge >= 0.3 is 0 Å². The lowest BCUT2D eigenvalue weighted by atomic mass is 9.50. The molecule has 0 aromatic carbocycles. The zero-order valence-corrected chi connectivity index (χ0v) is 15.6. The van der Waals surface area contributed by atoms with Gasteiger partial charge in [0.1, 0.15) is 5.78 Å². The Balaban J connectivity index is 2.03. The predicted octanol–water partition coefficient (Wildman–Crippen LogP) is 6.16. The summed E-state index contributed by atoms with van der Waals surface area (Å²) in [5, 5.41) is 0. The second-order valence-corrected chi connectivity index (χ2v) is 10.3. The van der Waals surface area contributed by atoms with Crippen molar-refractivity contribution in [2.45, 2.75) is 98.8 Å². The van der Waals surface area contributed by atoms with Crippen LogP contribution in [0.15, 0.2) is 0 Å². The summed E-state index contributed by atoms with van der Waals surface area (Å²) in [6, 6.07) is 0. The molecule has 5 unspecified atom stereocenters. The first-order valence-corrected chi connectivity index (χ1v) is 9.61. The highest BCUT2D eigenvalue weighted by Crippen LogP contribution is 2.69. The predicted molar refractivity (Wildman–Crippen MR) is 92.8 cm³/mol. The zero-order valence-electron chi connectivity index (χ0n) is 15.6. The molecule has 0 aromatic heterocycles. The van der Waals surface area contributed by atoms with Crippen LogP contribution < -0.4 is 0 Å². The number of fused-ring (bicyclic) bond motifs is 7. The number of carbonyl (C=O) groups excluding carboxylic acids is 1. The van der Waals surface area contributed by atoms with E-state index in [1.807, 2.05) is 0 Å². The van der Waals surface area contributed by atoms with E-state index in [0.29, 0.717) is 33.4 Å². The van der Waals surface area contributed by atoms with Gasteiger partial charge in [-0.15, -0.1) is 0 Å². The molecule has 0 aromatic rings.